The first-order chi connectivity index (χ1) is 3.64. The van der Waals surface area contributed by atoms with E-state index in [1.54, 1.807) is 0 Å². The third-order valence-electron chi connectivity index (χ3n) is 0.861. The van der Waals surface area contributed by atoms with Crippen molar-refractivity contribution in [2.45, 2.75) is 0 Å². The van der Waals surface area contributed by atoms with E-state index in [9.17, 15) is 9.59 Å². The van der Waals surface area contributed by atoms with Crippen LogP contribution in [0.4, 0.5) is 0 Å². The summed E-state index contributed by atoms with van der Waals surface area (Å²) in [6.07, 6.45) is 0. The Bertz CT molecular complexity index is 266. The van der Waals surface area contributed by atoms with Crippen LogP contribution in [0.5, 0.6) is 11.5 Å². The number of aromatic hydroxyl groups is 2. The third kappa shape index (κ3) is 4.97. The molecule has 0 radical (unpaired) electrons. The summed E-state index contributed by atoms with van der Waals surface area (Å²) in [6.45, 7) is 0. The fourth-order valence-electron chi connectivity index (χ4n) is 0.368. The van der Waals surface area contributed by atoms with Crippen LogP contribution < -0.4 is 41.6 Å². The second-order valence-electron chi connectivity index (χ2n) is 1.36. The van der Waals surface area contributed by atoms with E-state index in [1.807, 2.05) is 0 Å². The predicted molar refractivity (Wildman–Crippen MR) is 49.8 cm³/mol. The fraction of sp³-hybridized carbons (Fsp3) is 0. The van der Waals surface area contributed by atoms with Crippen LogP contribution in [0, 0.1) is 0 Å². The summed E-state index contributed by atoms with van der Waals surface area (Å²) in [7, 11) is 0. The van der Waals surface area contributed by atoms with E-state index in [4.69, 9.17) is 10.2 Å². The van der Waals surface area contributed by atoms with E-state index in [-0.39, 0.29) is 50.2 Å². The molecule has 0 fully saturated rings. The topological polar surface area (TPSA) is 250 Å². The van der Waals surface area contributed by atoms with E-state index in [1.165, 1.54) is 0 Å². The Morgan fingerprint density at radius 1 is 0.643 bits per heavy atom. The Morgan fingerprint density at radius 3 is 0.857 bits per heavy atom. The number of rotatable bonds is 0. The van der Waals surface area contributed by atoms with Crippen molar-refractivity contribution in [1.82, 2.24) is 30.8 Å². The van der Waals surface area contributed by atoms with Crippen molar-refractivity contribution < 1.29 is 29.7 Å². The average molecular weight is 300 g/mol. The molecule has 0 heterocycles. The van der Waals surface area contributed by atoms with Gasteiger partial charge in [-0.1, -0.05) is 0 Å². The Hall–Kier alpha value is -0.897. The molecule has 1 rings (SSSR count). The molecule has 0 bridgehead atoms. The van der Waals surface area contributed by atoms with Crippen molar-refractivity contribution in [3.8, 4) is 11.5 Å². The Morgan fingerprint density at radius 2 is 0.786 bits per heavy atom. The van der Waals surface area contributed by atoms with E-state index in [2.05, 4.69) is 0 Å². The first-order valence-electron chi connectivity index (χ1n) is 1.86. The van der Waals surface area contributed by atoms with Gasteiger partial charge in [-0.2, -0.15) is 0 Å². The van der Waals surface area contributed by atoms with Gasteiger partial charge in [0.25, 0.3) is 10.9 Å². The molecule has 1 aromatic carbocycles. The van der Waals surface area contributed by atoms with E-state index in [0.29, 0.717) is 0 Å². The molecular weight excluding hydrogens is 283 g/mol. The number of hydrogen-bond acceptors (Lipinski definition) is 9. The van der Waals surface area contributed by atoms with Gasteiger partial charge in [0.15, 0.2) is 0 Å². The zero-order chi connectivity index (χ0) is 6.31. The quantitative estimate of drug-likeness (QED) is 0.240. The molecule has 17 N–H and O–H groups in total. The average Bonchev–Trinajstić information content (AvgIpc) is 1.83. The molecule has 0 aliphatic rings. The minimum atomic E-state index is -1.01. The van der Waals surface area contributed by atoms with Gasteiger partial charge in [0.2, 0.25) is 11.5 Å². The Labute approximate surface area is 92.9 Å². The van der Waals surface area contributed by atoms with Crippen molar-refractivity contribution in [3.63, 3.8) is 0 Å². The summed E-state index contributed by atoms with van der Waals surface area (Å²) in [6, 6.07) is 0. The second-order valence-corrected chi connectivity index (χ2v) is 1.36. The SMILES string of the molecule is N.N.N.N.N.O=c1c(O)c(O)c1=O.[Ru]. The van der Waals surface area contributed by atoms with E-state index < -0.39 is 22.4 Å². The molecule has 0 amide bonds. The van der Waals surface area contributed by atoms with Crippen LogP contribution in [0.3, 0.4) is 0 Å². The minimum absolute atomic E-state index is 0. The van der Waals surface area contributed by atoms with Gasteiger partial charge >= 0.3 is 0 Å². The maximum atomic E-state index is 9.95. The van der Waals surface area contributed by atoms with Gasteiger partial charge in [-0.3, -0.25) is 9.59 Å². The molecule has 1 aromatic rings. The van der Waals surface area contributed by atoms with Gasteiger partial charge in [-0.15, -0.1) is 0 Å². The zero-order valence-corrected chi connectivity index (χ0v) is 9.34. The molecule has 0 atom stereocenters. The second kappa shape index (κ2) is 12.1. The van der Waals surface area contributed by atoms with Gasteiger partial charge in [0.05, 0.1) is 0 Å². The van der Waals surface area contributed by atoms with Crippen molar-refractivity contribution in [1.29, 1.82) is 0 Å². The molecule has 0 spiro atoms. The van der Waals surface area contributed by atoms with Gasteiger partial charge in [0, 0.05) is 19.5 Å². The summed E-state index contributed by atoms with van der Waals surface area (Å²) >= 11 is 0. The van der Waals surface area contributed by atoms with Crippen LogP contribution in [0.15, 0.2) is 9.59 Å². The van der Waals surface area contributed by atoms with Gasteiger partial charge in [-0.25, -0.2) is 0 Å². The minimum Gasteiger partial charge on any atom is -0.501 e. The van der Waals surface area contributed by atoms with Crippen molar-refractivity contribution in [3.05, 3.63) is 20.4 Å². The monoisotopic (exact) mass is 301 g/mol. The molecule has 10 heteroatoms. The first-order valence-corrected chi connectivity index (χ1v) is 1.86. The summed E-state index contributed by atoms with van der Waals surface area (Å²) in [5.41, 5.74) is -2.02. The van der Waals surface area contributed by atoms with Crippen LogP contribution in [-0.2, 0) is 19.5 Å². The van der Waals surface area contributed by atoms with E-state index in [0.717, 1.165) is 0 Å². The maximum Gasteiger partial charge on any atom is 0.275 e. The van der Waals surface area contributed by atoms with Crippen LogP contribution in [-0.4, -0.2) is 10.2 Å². The molecule has 0 aliphatic heterocycles. The Balaban J connectivity index is -0.0000000267. The molecule has 0 unspecified atom stereocenters. The molecule has 0 aromatic heterocycles. The van der Waals surface area contributed by atoms with Gasteiger partial charge < -0.3 is 41.0 Å². The summed E-state index contributed by atoms with van der Waals surface area (Å²) in [5.74, 6) is -1.65. The molecule has 0 aliphatic carbocycles. The van der Waals surface area contributed by atoms with Crippen LogP contribution in [0.25, 0.3) is 0 Å². The molecule has 14 heavy (non-hydrogen) atoms. The smallest absolute Gasteiger partial charge is 0.275 e. The van der Waals surface area contributed by atoms with Crippen molar-refractivity contribution >= 4 is 0 Å². The van der Waals surface area contributed by atoms with Gasteiger partial charge in [-0.05, 0) is 0 Å². The molecule has 90 valence electrons. The van der Waals surface area contributed by atoms with Gasteiger partial charge in [0.1, 0.15) is 0 Å². The summed E-state index contributed by atoms with van der Waals surface area (Å²) in [5, 5.41) is 16.4. The van der Waals surface area contributed by atoms with E-state index >= 15 is 0 Å². The van der Waals surface area contributed by atoms with Crippen molar-refractivity contribution in [2.24, 2.45) is 0 Å². The summed E-state index contributed by atoms with van der Waals surface area (Å²) in [4.78, 5) is 19.9. The van der Waals surface area contributed by atoms with Crippen LogP contribution in [0.1, 0.15) is 0 Å². The van der Waals surface area contributed by atoms with Crippen molar-refractivity contribution in [2.75, 3.05) is 0 Å². The maximum absolute atomic E-state index is 9.95. The summed E-state index contributed by atoms with van der Waals surface area (Å²) < 4.78 is 0. The largest absolute Gasteiger partial charge is 0.501 e. The molecule has 0 saturated carbocycles. The Kier molecular flexibility index (Phi) is 32.9. The third-order valence-corrected chi connectivity index (χ3v) is 0.861. The zero-order valence-electron chi connectivity index (χ0n) is 7.60. The normalized spacial score (nSPS) is 5.71. The van der Waals surface area contributed by atoms with Crippen LogP contribution >= 0.6 is 0 Å². The first kappa shape index (κ1) is 38.0. The molecule has 0 saturated heterocycles. The predicted octanol–water partition coefficient (Wildman–Crippen LogP) is -0.499. The molecule has 9 nitrogen and oxygen atoms in total. The standard InChI is InChI=1S/C4H2O4.5H3N.Ru/c5-1-2(6)4(8)3(1)7;;;;;;/h5-6H;5*1H3;. The fourth-order valence-corrected chi connectivity index (χ4v) is 0.368. The molecular formula is C4H17N5O4Ru. The van der Waals surface area contributed by atoms with Crippen LogP contribution in [0.2, 0.25) is 0 Å². The number of hydrogen-bond donors (Lipinski definition) is 7.